The van der Waals surface area contributed by atoms with Gasteiger partial charge in [0.1, 0.15) is 0 Å². The normalized spacial score (nSPS) is 24.1. The molecule has 0 aromatic heterocycles. The minimum atomic E-state index is 0.154. The van der Waals surface area contributed by atoms with Crippen molar-refractivity contribution < 1.29 is 4.79 Å². The molecule has 1 aromatic rings. The number of hydrogen-bond donors (Lipinski definition) is 2. The van der Waals surface area contributed by atoms with Gasteiger partial charge in [0.25, 0.3) is 0 Å². The number of piperidine rings is 1. The molecule has 2 fully saturated rings. The molecule has 1 heterocycles. The predicted molar refractivity (Wildman–Crippen MR) is 102 cm³/mol. The van der Waals surface area contributed by atoms with E-state index in [2.05, 4.69) is 50.9 Å². The van der Waals surface area contributed by atoms with Gasteiger partial charge in [-0.1, -0.05) is 30.3 Å². The Labute approximate surface area is 150 Å². The van der Waals surface area contributed by atoms with Gasteiger partial charge in [-0.3, -0.25) is 9.79 Å². The standard InChI is InChI=1S/C20H30N4O/c1-21-19(25)12-15-8-10-24(11-9-15)20(22-2)23-14-17-13-18(17)16-6-4-3-5-7-16/h3-7,15,17-18H,8-14H2,1-2H3,(H,21,25)(H,22,23). The van der Waals surface area contributed by atoms with Crippen molar-refractivity contribution in [3.05, 3.63) is 35.9 Å². The number of nitrogens with zero attached hydrogens (tertiary/aromatic N) is 2. The fraction of sp³-hybridized carbons (Fsp3) is 0.600. The first-order valence-corrected chi connectivity index (χ1v) is 9.42. The number of guanidine groups is 1. The largest absolute Gasteiger partial charge is 0.359 e. The van der Waals surface area contributed by atoms with E-state index in [1.54, 1.807) is 7.05 Å². The fourth-order valence-corrected chi connectivity index (χ4v) is 3.85. The molecular weight excluding hydrogens is 312 g/mol. The molecular formula is C20H30N4O. The molecule has 2 unspecified atom stereocenters. The van der Waals surface area contributed by atoms with E-state index in [0.29, 0.717) is 24.2 Å². The first-order chi connectivity index (χ1) is 12.2. The van der Waals surface area contributed by atoms with E-state index in [1.807, 2.05) is 7.05 Å². The third-order valence-electron chi connectivity index (χ3n) is 5.55. The zero-order chi connectivity index (χ0) is 17.6. The molecule has 1 amide bonds. The van der Waals surface area contributed by atoms with Crippen molar-refractivity contribution in [2.45, 2.75) is 31.6 Å². The van der Waals surface area contributed by atoms with Crippen LogP contribution < -0.4 is 10.6 Å². The van der Waals surface area contributed by atoms with Crippen molar-refractivity contribution in [1.82, 2.24) is 15.5 Å². The van der Waals surface area contributed by atoms with Gasteiger partial charge in [0.15, 0.2) is 5.96 Å². The molecule has 3 rings (SSSR count). The van der Waals surface area contributed by atoms with Crippen molar-refractivity contribution in [3.63, 3.8) is 0 Å². The van der Waals surface area contributed by atoms with Gasteiger partial charge in [0, 0.05) is 40.2 Å². The number of rotatable bonds is 5. The Morgan fingerprint density at radius 3 is 2.60 bits per heavy atom. The second-order valence-corrected chi connectivity index (χ2v) is 7.25. The highest BCUT2D eigenvalue weighted by Crippen LogP contribution is 2.46. The summed E-state index contributed by atoms with van der Waals surface area (Å²) in [7, 11) is 3.57. The Bertz CT molecular complexity index is 593. The Hall–Kier alpha value is -2.04. The van der Waals surface area contributed by atoms with E-state index < -0.39 is 0 Å². The number of benzene rings is 1. The monoisotopic (exact) mass is 342 g/mol. The second-order valence-electron chi connectivity index (χ2n) is 7.25. The van der Waals surface area contributed by atoms with Crippen LogP contribution >= 0.6 is 0 Å². The molecule has 1 aromatic carbocycles. The summed E-state index contributed by atoms with van der Waals surface area (Å²) in [6.07, 6.45) is 4.04. The summed E-state index contributed by atoms with van der Waals surface area (Å²) < 4.78 is 0. The Morgan fingerprint density at radius 2 is 1.96 bits per heavy atom. The molecule has 1 aliphatic heterocycles. The summed E-state index contributed by atoms with van der Waals surface area (Å²) in [5.74, 6) is 3.08. The quantitative estimate of drug-likeness (QED) is 0.637. The van der Waals surface area contributed by atoms with Gasteiger partial charge in [-0.05, 0) is 42.6 Å². The smallest absolute Gasteiger partial charge is 0.220 e. The number of hydrogen-bond acceptors (Lipinski definition) is 2. The molecule has 136 valence electrons. The highest BCUT2D eigenvalue weighted by molar-refractivity contribution is 5.80. The fourth-order valence-electron chi connectivity index (χ4n) is 3.85. The SMILES string of the molecule is CN=C(NCC1CC1c1ccccc1)N1CCC(CC(=O)NC)CC1. The van der Waals surface area contributed by atoms with Crippen molar-refractivity contribution in [3.8, 4) is 0 Å². The first kappa shape index (κ1) is 17.8. The Balaban J connectivity index is 1.41. The molecule has 5 nitrogen and oxygen atoms in total. The molecule has 1 aliphatic carbocycles. The lowest BCUT2D eigenvalue weighted by molar-refractivity contribution is -0.121. The molecule has 0 radical (unpaired) electrons. The predicted octanol–water partition coefficient (Wildman–Crippen LogP) is 2.21. The highest BCUT2D eigenvalue weighted by Gasteiger charge is 2.38. The van der Waals surface area contributed by atoms with Crippen LogP contribution in [0.3, 0.4) is 0 Å². The summed E-state index contributed by atoms with van der Waals surface area (Å²) in [6.45, 7) is 2.95. The van der Waals surface area contributed by atoms with Crippen LogP contribution in [0.15, 0.2) is 35.3 Å². The summed E-state index contributed by atoms with van der Waals surface area (Å²) in [4.78, 5) is 18.3. The number of nitrogens with one attached hydrogen (secondary N) is 2. The Kier molecular flexibility index (Phi) is 5.95. The van der Waals surface area contributed by atoms with Crippen molar-refractivity contribution in [1.29, 1.82) is 0 Å². The van der Waals surface area contributed by atoms with Crippen LogP contribution in [0.1, 0.15) is 37.2 Å². The summed E-state index contributed by atoms with van der Waals surface area (Å²) in [6, 6.07) is 10.8. The third kappa shape index (κ3) is 4.74. The van der Waals surface area contributed by atoms with Gasteiger partial charge >= 0.3 is 0 Å². The van der Waals surface area contributed by atoms with Gasteiger partial charge in [0.2, 0.25) is 5.91 Å². The number of carbonyl (C=O) groups is 1. The molecule has 2 N–H and O–H groups in total. The number of likely N-dealkylation sites (tertiary alicyclic amines) is 1. The van der Waals surface area contributed by atoms with E-state index in [4.69, 9.17) is 0 Å². The molecule has 1 saturated heterocycles. The van der Waals surface area contributed by atoms with E-state index in [1.165, 1.54) is 12.0 Å². The summed E-state index contributed by atoms with van der Waals surface area (Å²) >= 11 is 0. The minimum absolute atomic E-state index is 0.154. The van der Waals surface area contributed by atoms with E-state index >= 15 is 0 Å². The van der Waals surface area contributed by atoms with Gasteiger partial charge in [-0.25, -0.2) is 0 Å². The van der Waals surface area contributed by atoms with Gasteiger partial charge in [-0.15, -0.1) is 0 Å². The van der Waals surface area contributed by atoms with Gasteiger partial charge in [-0.2, -0.15) is 0 Å². The number of aliphatic imine (C=N–C) groups is 1. The number of carbonyl (C=O) groups excluding carboxylic acids is 1. The van der Waals surface area contributed by atoms with Crippen LogP contribution in [0.2, 0.25) is 0 Å². The summed E-state index contributed by atoms with van der Waals surface area (Å²) in [5, 5.41) is 6.29. The molecule has 0 bridgehead atoms. The maximum atomic E-state index is 11.5. The maximum Gasteiger partial charge on any atom is 0.220 e. The lowest BCUT2D eigenvalue weighted by Gasteiger charge is -2.34. The lowest BCUT2D eigenvalue weighted by atomic mass is 9.93. The average molecular weight is 342 g/mol. The van der Waals surface area contributed by atoms with E-state index in [9.17, 15) is 4.79 Å². The van der Waals surface area contributed by atoms with Crippen LogP contribution in [0.4, 0.5) is 0 Å². The first-order valence-electron chi connectivity index (χ1n) is 9.42. The van der Waals surface area contributed by atoms with Crippen molar-refractivity contribution in [2.24, 2.45) is 16.8 Å². The lowest BCUT2D eigenvalue weighted by Crippen LogP contribution is -2.46. The molecule has 5 heteroatoms. The average Bonchev–Trinajstić information content (AvgIpc) is 3.44. The zero-order valence-corrected chi connectivity index (χ0v) is 15.4. The molecule has 1 saturated carbocycles. The van der Waals surface area contributed by atoms with Crippen LogP contribution in [0.25, 0.3) is 0 Å². The maximum absolute atomic E-state index is 11.5. The zero-order valence-electron chi connectivity index (χ0n) is 15.4. The van der Waals surface area contributed by atoms with Crippen LogP contribution in [-0.2, 0) is 4.79 Å². The summed E-state index contributed by atoms with van der Waals surface area (Å²) in [5.41, 5.74) is 1.46. The van der Waals surface area contributed by atoms with Crippen molar-refractivity contribution in [2.75, 3.05) is 33.7 Å². The number of amides is 1. The van der Waals surface area contributed by atoms with E-state index in [0.717, 1.165) is 38.4 Å². The highest BCUT2D eigenvalue weighted by atomic mass is 16.1. The van der Waals surface area contributed by atoms with Crippen molar-refractivity contribution >= 4 is 11.9 Å². The van der Waals surface area contributed by atoms with Crippen LogP contribution in [0, 0.1) is 11.8 Å². The van der Waals surface area contributed by atoms with E-state index in [-0.39, 0.29) is 5.91 Å². The second kappa shape index (κ2) is 8.37. The minimum Gasteiger partial charge on any atom is -0.359 e. The Morgan fingerprint density at radius 1 is 1.24 bits per heavy atom. The molecule has 2 atom stereocenters. The van der Waals surface area contributed by atoms with Gasteiger partial charge in [0.05, 0.1) is 0 Å². The molecule has 25 heavy (non-hydrogen) atoms. The third-order valence-corrected chi connectivity index (χ3v) is 5.55. The molecule has 2 aliphatic rings. The molecule has 0 spiro atoms. The van der Waals surface area contributed by atoms with Crippen LogP contribution in [0.5, 0.6) is 0 Å². The topological polar surface area (TPSA) is 56.7 Å². The van der Waals surface area contributed by atoms with Gasteiger partial charge < -0.3 is 15.5 Å². The van der Waals surface area contributed by atoms with Crippen LogP contribution in [-0.4, -0.2) is 50.5 Å².